The highest BCUT2D eigenvalue weighted by atomic mass is 19.1. The van der Waals surface area contributed by atoms with Crippen LogP contribution in [0.25, 0.3) is 0 Å². The van der Waals surface area contributed by atoms with Crippen molar-refractivity contribution in [2.45, 2.75) is 12.5 Å². The first kappa shape index (κ1) is 17.6. The second-order valence-electron chi connectivity index (χ2n) is 5.74. The molecular formula is C21H19FN2O2. The number of carbonyl (C=O) groups excluding carboxylic acids is 1. The molecule has 0 saturated heterocycles. The highest BCUT2D eigenvalue weighted by molar-refractivity contribution is 5.77. The van der Waals surface area contributed by atoms with Gasteiger partial charge in [0.2, 0.25) is 5.91 Å². The first-order valence-corrected chi connectivity index (χ1v) is 8.35. The summed E-state index contributed by atoms with van der Waals surface area (Å²) in [7, 11) is 0. The number of para-hydroxylation sites is 1. The van der Waals surface area contributed by atoms with Crippen molar-refractivity contribution in [2.75, 3.05) is 6.61 Å². The third-order valence-electron chi connectivity index (χ3n) is 3.89. The second kappa shape index (κ2) is 8.76. The maximum Gasteiger partial charge on any atom is 0.224 e. The van der Waals surface area contributed by atoms with E-state index in [1.54, 1.807) is 24.5 Å². The lowest BCUT2D eigenvalue weighted by Gasteiger charge is -2.20. The Bertz CT molecular complexity index is 824. The fourth-order valence-electron chi connectivity index (χ4n) is 2.58. The molecule has 0 radical (unpaired) electrons. The third kappa shape index (κ3) is 4.89. The van der Waals surface area contributed by atoms with E-state index in [2.05, 4.69) is 10.3 Å². The van der Waals surface area contributed by atoms with Crippen molar-refractivity contribution < 1.29 is 13.9 Å². The molecule has 0 bridgehead atoms. The Morgan fingerprint density at radius 3 is 2.31 bits per heavy atom. The molecule has 1 aromatic heterocycles. The van der Waals surface area contributed by atoms with E-state index < -0.39 is 0 Å². The normalized spacial score (nSPS) is 11.6. The van der Waals surface area contributed by atoms with Gasteiger partial charge in [0.05, 0.1) is 19.1 Å². The van der Waals surface area contributed by atoms with Crippen LogP contribution in [0.4, 0.5) is 4.39 Å². The lowest BCUT2D eigenvalue weighted by molar-refractivity contribution is -0.122. The van der Waals surface area contributed by atoms with Crippen LogP contribution in [0.2, 0.25) is 0 Å². The minimum atomic E-state index is -0.372. The Kier molecular flexibility index (Phi) is 5.93. The zero-order valence-corrected chi connectivity index (χ0v) is 14.1. The Morgan fingerprint density at radius 1 is 0.962 bits per heavy atom. The van der Waals surface area contributed by atoms with Gasteiger partial charge in [-0.15, -0.1) is 0 Å². The monoisotopic (exact) mass is 350 g/mol. The standard InChI is InChI=1S/C21H19FN2O2/c22-18-8-6-16(7-9-18)21(17-10-13-23-14-11-17)24-20(25)12-15-26-19-4-2-1-3-5-19/h1-11,13-14,21H,12,15H2,(H,24,25)/t21-/m1/s1. The maximum atomic E-state index is 13.2. The predicted octanol–water partition coefficient (Wildman–Crippen LogP) is 3.90. The van der Waals surface area contributed by atoms with Gasteiger partial charge in [0, 0.05) is 12.4 Å². The molecule has 26 heavy (non-hydrogen) atoms. The number of benzene rings is 2. The summed E-state index contributed by atoms with van der Waals surface area (Å²) < 4.78 is 18.8. The number of rotatable bonds is 7. The van der Waals surface area contributed by atoms with Crippen LogP contribution in [-0.4, -0.2) is 17.5 Å². The molecule has 0 aliphatic heterocycles. The molecule has 1 amide bonds. The molecule has 1 atom stereocenters. The summed E-state index contributed by atoms with van der Waals surface area (Å²) in [5.41, 5.74) is 1.68. The van der Waals surface area contributed by atoms with Crippen molar-refractivity contribution in [3.63, 3.8) is 0 Å². The Hall–Kier alpha value is -3.21. The largest absolute Gasteiger partial charge is 0.493 e. The summed E-state index contributed by atoms with van der Waals surface area (Å²) in [6.45, 7) is 0.280. The van der Waals surface area contributed by atoms with E-state index in [1.165, 1.54) is 12.1 Å². The number of hydrogen-bond donors (Lipinski definition) is 1. The molecular weight excluding hydrogens is 331 g/mol. The maximum absolute atomic E-state index is 13.2. The van der Waals surface area contributed by atoms with E-state index in [1.807, 2.05) is 42.5 Å². The number of nitrogens with one attached hydrogen (secondary N) is 1. The second-order valence-corrected chi connectivity index (χ2v) is 5.74. The number of nitrogens with zero attached hydrogens (tertiary/aromatic N) is 1. The number of carbonyl (C=O) groups is 1. The minimum absolute atomic E-state index is 0.146. The summed E-state index contributed by atoms with van der Waals surface area (Å²) in [6, 6.07) is 18.7. The van der Waals surface area contributed by atoms with Gasteiger partial charge in [0.15, 0.2) is 0 Å². The molecule has 3 aromatic rings. The molecule has 0 unspecified atom stereocenters. The number of ether oxygens (including phenoxy) is 1. The van der Waals surface area contributed by atoms with Crippen molar-refractivity contribution in [1.29, 1.82) is 0 Å². The molecule has 4 nitrogen and oxygen atoms in total. The average Bonchev–Trinajstić information content (AvgIpc) is 2.68. The topological polar surface area (TPSA) is 51.2 Å². The van der Waals surface area contributed by atoms with Gasteiger partial charge in [0.25, 0.3) is 0 Å². The van der Waals surface area contributed by atoms with Crippen molar-refractivity contribution in [1.82, 2.24) is 10.3 Å². The van der Waals surface area contributed by atoms with Gasteiger partial charge in [-0.1, -0.05) is 30.3 Å². The van der Waals surface area contributed by atoms with Crippen LogP contribution in [0, 0.1) is 5.82 Å². The molecule has 1 N–H and O–H groups in total. The summed E-state index contributed by atoms with van der Waals surface area (Å²) in [4.78, 5) is 16.4. The highest BCUT2D eigenvalue weighted by Gasteiger charge is 2.17. The molecule has 0 saturated carbocycles. The Labute approximate surface area is 151 Å². The van der Waals surface area contributed by atoms with E-state index in [9.17, 15) is 9.18 Å². The average molecular weight is 350 g/mol. The van der Waals surface area contributed by atoms with Crippen LogP contribution in [0.5, 0.6) is 5.75 Å². The summed E-state index contributed by atoms with van der Waals surface area (Å²) in [6.07, 6.45) is 3.55. The minimum Gasteiger partial charge on any atom is -0.493 e. The highest BCUT2D eigenvalue weighted by Crippen LogP contribution is 2.22. The summed E-state index contributed by atoms with van der Waals surface area (Å²) >= 11 is 0. The molecule has 2 aromatic carbocycles. The molecule has 0 spiro atoms. The van der Waals surface area contributed by atoms with Crippen LogP contribution < -0.4 is 10.1 Å². The van der Waals surface area contributed by atoms with Crippen LogP contribution in [0.3, 0.4) is 0 Å². The fraction of sp³-hybridized carbons (Fsp3) is 0.143. The number of hydrogen-bond acceptors (Lipinski definition) is 3. The fourth-order valence-corrected chi connectivity index (χ4v) is 2.58. The summed E-state index contributed by atoms with van der Waals surface area (Å²) in [5.74, 6) is 0.265. The molecule has 0 fully saturated rings. The SMILES string of the molecule is O=C(CCOc1ccccc1)N[C@@H](c1ccncc1)c1ccc(F)cc1. The van der Waals surface area contributed by atoms with Crippen LogP contribution in [0.15, 0.2) is 79.1 Å². The lowest BCUT2D eigenvalue weighted by Crippen LogP contribution is -2.30. The Balaban J connectivity index is 1.65. The number of halogens is 1. The summed E-state index contributed by atoms with van der Waals surface area (Å²) in [5, 5.41) is 2.99. The van der Waals surface area contributed by atoms with E-state index in [0.29, 0.717) is 0 Å². The smallest absolute Gasteiger partial charge is 0.224 e. The zero-order valence-electron chi connectivity index (χ0n) is 14.1. The van der Waals surface area contributed by atoms with Crippen LogP contribution in [0.1, 0.15) is 23.6 Å². The van der Waals surface area contributed by atoms with Gasteiger partial charge < -0.3 is 10.1 Å². The van der Waals surface area contributed by atoms with Crippen molar-refractivity contribution in [3.05, 3.63) is 96.1 Å². The van der Waals surface area contributed by atoms with Gasteiger partial charge in [-0.25, -0.2) is 4.39 Å². The molecule has 1 heterocycles. The van der Waals surface area contributed by atoms with E-state index >= 15 is 0 Å². The van der Waals surface area contributed by atoms with Crippen LogP contribution in [-0.2, 0) is 4.79 Å². The molecule has 0 aliphatic rings. The van der Waals surface area contributed by atoms with Gasteiger partial charge >= 0.3 is 0 Å². The molecule has 5 heteroatoms. The number of aromatic nitrogens is 1. The van der Waals surface area contributed by atoms with Gasteiger partial charge in [-0.2, -0.15) is 0 Å². The predicted molar refractivity (Wildman–Crippen MR) is 97.2 cm³/mol. The van der Waals surface area contributed by atoms with Crippen LogP contribution >= 0.6 is 0 Å². The molecule has 3 rings (SSSR count). The number of amides is 1. The van der Waals surface area contributed by atoms with Gasteiger partial charge in [0.1, 0.15) is 11.6 Å². The molecule has 0 aliphatic carbocycles. The Morgan fingerprint density at radius 2 is 1.62 bits per heavy atom. The van der Waals surface area contributed by atoms with Gasteiger partial charge in [-0.05, 0) is 47.5 Å². The van der Waals surface area contributed by atoms with Crippen molar-refractivity contribution in [3.8, 4) is 5.75 Å². The van der Waals surface area contributed by atoms with E-state index in [4.69, 9.17) is 4.74 Å². The van der Waals surface area contributed by atoms with Gasteiger partial charge in [-0.3, -0.25) is 9.78 Å². The quantitative estimate of drug-likeness (QED) is 0.703. The zero-order chi connectivity index (χ0) is 18.2. The van der Waals surface area contributed by atoms with Crippen molar-refractivity contribution in [2.24, 2.45) is 0 Å². The molecule has 132 valence electrons. The first-order chi connectivity index (χ1) is 12.7. The van der Waals surface area contributed by atoms with Crippen molar-refractivity contribution >= 4 is 5.91 Å². The first-order valence-electron chi connectivity index (χ1n) is 8.35. The van der Waals surface area contributed by atoms with E-state index in [-0.39, 0.29) is 30.8 Å². The third-order valence-corrected chi connectivity index (χ3v) is 3.89. The van der Waals surface area contributed by atoms with E-state index in [0.717, 1.165) is 16.9 Å². The number of pyridine rings is 1. The lowest BCUT2D eigenvalue weighted by atomic mass is 9.99.